The lowest BCUT2D eigenvalue weighted by molar-refractivity contribution is -0.142. The third-order valence-corrected chi connectivity index (χ3v) is 6.81. The SMILES string of the molecule is Cc1ccc(-c2ncccn2)c(C(=O)N2C[C@@H](C)CC[C@H]2CNc2cccc(C(F)(F)F)n2)n1.Fc1cccc(C(F)(F)F)n1. The van der Waals surface area contributed by atoms with Crippen LogP contribution in [-0.2, 0) is 12.4 Å². The van der Waals surface area contributed by atoms with Gasteiger partial charge in [0, 0.05) is 37.2 Å². The van der Waals surface area contributed by atoms with E-state index in [4.69, 9.17) is 0 Å². The molecule has 2 atom stereocenters. The zero-order valence-electron chi connectivity index (χ0n) is 24.1. The van der Waals surface area contributed by atoms with Crippen LogP contribution in [-0.4, -0.2) is 54.9 Å². The first-order valence-corrected chi connectivity index (χ1v) is 13.8. The molecule has 0 spiro atoms. The molecule has 1 N–H and O–H groups in total. The molecule has 1 aliphatic rings. The third kappa shape index (κ3) is 8.92. The maximum atomic E-state index is 13.7. The van der Waals surface area contributed by atoms with Crippen molar-refractivity contribution >= 4 is 11.7 Å². The molecule has 5 heterocycles. The van der Waals surface area contributed by atoms with E-state index in [2.05, 4.69) is 37.2 Å². The van der Waals surface area contributed by atoms with E-state index in [-0.39, 0.29) is 35.9 Å². The summed E-state index contributed by atoms with van der Waals surface area (Å²) in [7, 11) is 0. The molecule has 0 bridgehead atoms. The summed E-state index contributed by atoms with van der Waals surface area (Å²) in [5.74, 6) is -0.561. The van der Waals surface area contributed by atoms with Crippen LogP contribution in [0.3, 0.4) is 0 Å². The molecule has 0 aromatic carbocycles. The highest BCUT2D eigenvalue weighted by Gasteiger charge is 2.35. The van der Waals surface area contributed by atoms with Gasteiger partial charge in [-0.15, -0.1) is 0 Å². The van der Waals surface area contributed by atoms with Crippen LogP contribution in [0.15, 0.2) is 67.0 Å². The number of amides is 1. The average molecular weight is 636 g/mol. The zero-order chi connectivity index (χ0) is 32.8. The molecule has 1 saturated heterocycles. The van der Waals surface area contributed by atoms with E-state index >= 15 is 0 Å². The molecule has 4 aromatic rings. The van der Waals surface area contributed by atoms with Gasteiger partial charge in [-0.2, -0.15) is 30.7 Å². The van der Waals surface area contributed by atoms with Crippen molar-refractivity contribution in [3.8, 4) is 11.4 Å². The number of aryl methyl sites for hydroxylation is 1. The molecule has 0 unspecified atom stereocenters. The van der Waals surface area contributed by atoms with Gasteiger partial charge in [-0.1, -0.05) is 19.1 Å². The number of nitrogens with zero attached hydrogens (tertiary/aromatic N) is 6. The Bertz CT molecular complexity index is 1600. The lowest BCUT2D eigenvalue weighted by Crippen LogP contribution is -2.49. The summed E-state index contributed by atoms with van der Waals surface area (Å²) in [5, 5.41) is 2.99. The minimum absolute atomic E-state index is 0.118. The molecule has 5 rings (SSSR count). The Morgan fingerprint density at radius 1 is 0.867 bits per heavy atom. The summed E-state index contributed by atoms with van der Waals surface area (Å²) in [6.07, 6.45) is -4.26. The van der Waals surface area contributed by atoms with E-state index < -0.39 is 29.7 Å². The van der Waals surface area contributed by atoms with Gasteiger partial charge in [0.1, 0.15) is 22.9 Å². The smallest absolute Gasteiger partial charge is 0.368 e. The quantitative estimate of drug-likeness (QED) is 0.189. The van der Waals surface area contributed by atoms with E-state index in [1.165, 1.54) is 12.1 Å². The van der Waals surface area contributed by atoms with Crippen molar-refractivity contribution in [2.24, 2.45) is 5.92 Å². The van der Waals surface area contributed by atoms with Crippen molar-refractivity contribution in [1.82, 2.24) is 29.8 Å². The average Bonchev–Trinajstić information content (AvgIpc) is 3.00. The predicted molar refractivity (Wildman–Crippen MR) is 150 cm³/mol. The van der Waals surface area contributed by atoms with Gasteiger partial charge < -0.3 is 10.2 Å². The number of nitrogens with one attached hydrogen (secondary N) is 1. The first-order chi connectivity index (χ1) is 21.2. The summed E-state index contributed by atoms with van der Waals surface area (Å²) in [6.45, 7) is 4.68. The summed E-state index contributed by atoms with van der Waals surface area (Å²) in [6, 6.07) is 11.3. The molecule has 0 radical (unpaired) electrons. The molecular weight excluding hydrogens is 607 g/mol. The summed E-state index contributed by atoms with van der Waals surface area (Å²) >= 11 is 0. The van der Waals surface area contributed by atoms with Gasteiger partial charge in [0.15, 0.2) is 5.82 Å². The minimum Gasteiger partial charge on any atom is -0.368 e. The molecule has 0 saturated carbocycles. The molecule has 0 aliphatic carbocycles. The van der Waals surface area contributed by atoms with Crippen LogP contribution in [0, 0.1) is 18.8 Å². The Kier molecular flexibility index (Phi) is 10.3. The molecule has 1 aliphatic heterocycles. The number of anilines is 1. The molecule has 238 valence electrons. The van der Waals surface area contributed by atoms with Gasteiger partial charge in [0.25, 0.3) is 5.91 Å². The second-order valence-corrected chi connectivity index (χ2v) is 10.3. The van der Waals surface area contributed by atoms with Crippen molar-refractivity contribution in [1.29, 1.82) is 0 Å². The van der Waals surface area contributed by atoms with Crippen LogP contribution in [0.4, 0.5) is 36.6 Å². The Hall–Kier alpha value is -4.69. The number of aromatic nitrogens is 5. The normalized spacial score (nSPS) is 16.9. The fourth-order valence-electron chi connectivity index (χ4n) is 4.62. The predicted octanol–water partition coefficient (Wildman–Crippen LogP) is 6.85. The van der Waals surface area contributed by atoms with Crippen molar-refractivity contribution in [2.75, 3.05) is 18.4 Å². The first-order valence-electron chi connectivity index (χ1n) is 13.8. The van der Waals surface area contributed by atoms with Crippen LogP contribution in [0.25, 0.3) is 11.4 Å². The number of rotatable bonds is 5. The number of pyridine rings is 3. The number of alkyl halides is 6. The summed E-state index contributed by atoms with van der Waals surface area (Å²) in [4.78, 5) is 34.8. The third-order valence-electron chi connectivity index (χ3n) is 6.81. The first kappa shape index (κ1) is 33.2. The number of carbonyl (C=O) groups is 1. The van der Waals surface area contributed by atoms with E-state index in [1.54, 1.807) is 35.5 Å². The minimum atomic E-state index is -4.57. The lowest BCUT2D eigenvalue weighted by Gasteiger charge is -2.39. The highest BCUT2D eigenvalue weighted by atomic mass is 19.4. The maximum Gasteiger partial charge on any atom is 0.433 e. The van der Waals surface area contributed by atoms with Crippen LogP contribution >= 0.6 is 0 Å². The molecular formula is C30H28F7N7O. The fraction of sp³-hybridized carbons (Fsp3) is 0.333. The maximum absolute atomic E-state index is 13.7. The monoisotopic (exact) mass is 635 g/mol. The Labute approximate surface area is 253 Å². The standard InChI is InChI=1S/C24H25F3N6O.C6H3F4N/c1-15-7-9-17(13-30-20-6-3-5-19(32-20)24(25,26)27)33(14-15)23(34)21-18(10-8-16(2)31-21)22-28-11-4-12-29-22;7-5-3-1-2-4(11-5)6(8,9)10/h3-6,8,10-12,15,17H,7,9,13-14H2,1-2H3,(H,30,32);1-3H/t15-,17-;/m0./s1. The van der Waals surface area contributed by atoms with Gasteiger partial charge in [0.2, 0.25) is 5.95 Å². The van der Waals surface area contributed by atoms with Crippen LogP contribution < -0.4 is 5.32 Å². The zero-order valence-corrected chi connectivity index (χ0v) is 24.1. The topological polar surface area (TPSA) is 96.8 Å². The molecule has 4 aromatic heterocycles. The number of hydrogen-bond acceptors (Lipinski definition) is 7. The van der Waals surface area contributed by atoms with Gasteiger partial charge >= 0.3 is 12.4 Å². The van der Waals surface area contributed by atoms with Gasteiger partial charge in [-0.25, -0.2) is 24.9 Å². The second-order valence-electron chi connectivity index (χ2n) is 10.3. The molecule has 45 heavy (non-hydrogen) atoms. The Morgan fingerprint density at radius 2 is 1.51 bits per heavy atom. The van der Waals surface area contributed by atoms with Gasteiger partial charge in [-0.3, -0.25) is 4.79 Å². The lowest BCUT2D eigenvalue weighted by atomic mass is 9.93. The number of halogens is 7. The Morgan fingerprint density at radius 3 is 2.13 bits per heavy atom. The van der Waals surface area contributed by atoms with Crippen LogP contribution in [0.2, 0.25) is 0 Å². The van der Waals surface area contributed by atoms with Crippen molar-refractivity contribution < 1.29 is 35.5 Å². The number of carbonyl (C=O) groups excluding carboxylic acids is 1. The highest BCUT2D eigenvalue weighted by molar-refractivity contribution is 5.98. The fourth-order valence-corrected chi connectivity index (χ4v) is 4.62. The van der Waals surface area contributed by atoms with Crippen molar-refractivity contribution in [3.63, 3.8) is 0 Å². The van der Waals surface area contributed by atoms with E-state index in [0.29, 0.717) is 36.1 Å². The molecule has 1 fully saturated rings. The molecule has 15 heteroatoms. The molecule has 8 nitrogen and oxygen atoms in total. The number of hydrogen-bond donors (Lipinski definition) is 1. The van der Waals surface area contributed by atoms with Gasteiger partial charge in [0.05, 0.1) is 5.56 Å². The van der Waals surface area contributed by atoms with Gasteiger partial charge in [-0.05, 0) is 68.1 Å². The second kappa shape index (κ2) is 13.9. The Balaban J connectivity index is 0.000000354. The number of likely N-dealkylation sites (tertiary alicyclic amines) is 1. The van der Waals surface area contributed by atoms with Crippen molar-refractivity contribution in [2.45, 2.75) is 45.1 Å². The summed E-state index contributed by atoms with van der Waals surface area (Å²) in [5.41, 5.74) is -0.671. The van der Waals surface area contributed by atoms with Crippen LogP contribution in [0.1, 0.15) is 47.3 Å². The van der Waals surface area contributed by atoms with Crippen molar-refractivity contribution in [3.05, 3.63) is 95.7 Å². The van der Waals surface area contributed by atoms with E-state index in [9.17, 15) is 35.5 Å². The van der Waals surface area contributed by atoms with E-state index in [1.807, 2.05) is 6.92 Å². The molecule has 1 amide bonds. The summed E-state index contributed by atoms with van der Waals surface area (Å²) < 4.78 is 86.3. The largest absolute Gasteiger partial charge is 0.433 e. The van der Waals surface area contributed by atoms with E-state index in [0.717, 1.165) is 24.6 Å². The van der Waals surface area contributed by atoms with Crippen LogP contribution in [0.5, 0.6) is 0 Å². The number of piperidine rings is 1. The highest BCUT2D eigenvalue weighted by Crippen LogP contribution is 2.30.